The quantitative estimate of drug-likeness (QED) is 0.548. The van der Waals surface area contributed by atoms with E-state index in [2.05, 4.69) is 24.2 Å². The number of hydrogen-bond donors (Lipinski definition) is 2. The summed E-state index contributed by atoms with van der Waals surface area (Å²) < 4.78 is 10.8. The van der Waals surface area contributed by atoms with Crippen molar-refractivity contribution in [3.8, 4) is 0 Å². The zero-order chi connectivity index (χ0) is 12.7. The second-order valence-electron chi connectivity index (χ2n) is 4.90. The van der Waals surface area contributed by atoms with E-state index in [4.69, 9.17) is 15.2 Å². The normalized spacial score (nSPS) is 26.2. The Bertz CT molecular complexity index is 244. The van der Waals surface area contributed by atoms with Gasteiger partial charge in [0.25, 0.3) is 0 Å². The van der Waals surface area contributed by atoms with E-state index < -0.39 is 0 Å². The van der Waals surface area contributed by atoms with Crippen LogP contribution in [0.1, 0.15) is 20.3 Å². The molecule has 0 aromatic heterocycles. The van der Waals surface area contributed by atoms with Gasteiger partial charge in [0.2, 0.25) is 0 Å². The molecule has 0 aromatic rings. The summed E-state index contributed by atoms with van der Waals surface area (Å²) in [7, 11) is 1.72. The Kier molecular flexibility index (Phi) is 6.29. The predicted octanol–water partition coefficient (Wildman–Crippen LogP) is 0.598. The fraction of sp³-hybridized carbons (Fsp3) is 0.917. The molecule has 0 radical (unpaired) electrons. The van der Waals surface area contributed by atoms with Crippen LogP contribution in [0.2, 0.25) is 0 Å². The molecule has 1 fully saturated rings. The summed E-state index contributed by atoms with van der Waals surface area (Å²) in [4.78, 5) is 4.27. The first-order valence-corrected chi connectivity index (χ1v) is 6.27. The van der Waals surface area contributed by atoms with E-state index in [1.54, 1.807) is 7.11 Å². The number of nitrogens with one attached hydrogen (secondary N) is 1. The van der Waals surface area contributed by atoms with Gasteiger partial charge < -0.3 is 20.5 Å². The Hall–Kier alpha value is -0.810. The van der Waals surface area contributed by atoms with Crippen LogP contribution in [0.4, 0.5) is 0 Å². The van der Waals surface area contributed by atoms with Crippen molar-refractivity contribution in [3.05, 3.63) is 0 Å². The first-order chi connectivity index (χ1) is 8.13. The van der Waals surface area contributed by atoms with Gasteiger partial charge in [-0.1, -0.05) is 13.8 Å². The Balaban J connectivity index is 2.30. The van der Waals surface area contributed by atoms with Crippen molar-refractivity contribution in [2.45, 2.75) is 26.4 Å². The number of guanidine groups is 1. The van der Waals surface area contributed by atoms with Crippen molar-refractivity contribution in [1.82, 2.24) is 5.32 Å². The Morgan fingerprint density at radius 1 is 1.59 bits per heavy atom. The van der Waals surface area contributed by atoms with Crippen molar-refractivity contribution in [2.75, 3.05) is 33.4 Å². The van der Waals surface area contributed by atoms with E-state index in [9.17, 15) is 0 Å². The number of methoxy groups -OCH3 is 1. The predicted molar refractivity (Wildman–Crippen MR) is 69.1 cm³/mol. The standard InChI is InChI=1S/C12H25N3O2/c1-9(2)6-14-12(13)15-7-10-4-5-17-8-11(10)16-3/h9-11H,4-8H2,1-3H3,(H3,13,14,15). The number of rotatable bonds is 5. The second-order valence-corrected chi connectivity index (χ2v) is 4.90. The highest BCUT2D eigenvalue weighted by atomic mass is 16.5. The summed E-state index contributed by atoms with van der Waals surface area (Å²) in [6.07, 6.45) is 1.16. The van der Waals surface area contributed by atoms with Gasteiger partial charge in [-0.2, -0.15) is 0 Å². The topological polar surface area (TPSA) is 68.9 Å². The van der Waals surface area contributed by atoms with E-state index >= 15 is 0 Å². The molecule has 5 nitrogen and oxygen atoms in total. The van der Waals surface area contributed by atoms with Gasteiger partial charge in [-0.3, -0.25) is 4.99 Å². The highest BCUT2D eigenvalue weighted by Gasteiger charge is 2.25. The molecule has 1 aliphatic heterocycles. The maximum absolute atomic E-state index is 5.79. The molecule has 0 aromatic carbocycles. The molecule has 2 unspecified atom stereocenters. The molecule has 1 saturated heterocycles. The number of nitrogens with two attached hydrogens (primary N) is 1. The SMILES string of the molecule is COC1COCCC1CNC(N)=NCC(C)C. The average molecular weight is 243 g/mol. The second kappa shape index (κ2) is 7.50. The van der Waals surface area contributed by atoms with Gasteiger partial charge in [0.1, 0.15) is 0 Å². The van der Waals surface area contributed by atoms with Crippen LogP contribution in [0, 0.1) is 11.8 Å². The van der Waals surface area contributed by atoms with E-state index in [0.717, 1.165) is 26.1 Å². The summed E-state index contributed by atoms with van der Waals surface area (Å²) in [5.41, 5.74) is 5.79. The highest BCUT2D eigenvalue weighted by Crippen LogP contribution is 2.16. The van der Waals surface area contributed by atoms with Gasteiger partial charge >= 0.3 is 0 Å². The minimum atomic E-state index is 0.161. The van der Waals surface area contributed by atoms with Crippen LogP contribution < -0.4 is 11.1 Å². The Labute approximate surface area is 104 Å². The van der Waals surface area contributed by atoms with E-state index in [-0.39, 0.29) is 6.10 Å². The molecule has 1 rings (SSSR count). The fourth-order valence-corrected chi connectivity index (χ4v) is 1.82. The zero-order valence-corrected chi connectivity index (χ0v) is 11.1. The highest BCUT2D eigenvalue weighted by molar-refractivity contribution is 5.77. The lowest BCUT2D eigenvalue weighted by molar-refractivity contribution is -0.0636. The number of aliphatic imine (C=N–C) groups is 1. The number of ether oxygens (including phenoxy) is 2. The van der Waals surface area contributed by atoms with Crippen LogP contribution in [0.5, 0.6) is 0 Å². The summed E-state index contributed by atoms with van der Waals surface area (Å²) >= 11 is 0. The van der Waals surface area contributed by atoms with Crippen molar-refractivity contribution in [3.63, 3.8) is 0 Å². The van der Waals surface area contributed by atoms with E-state index in [0.29, 0.717) is 24.4 Å². The Morgan fingerprint density at radius 2 is 2.35 bits per heavy atom. The molecule has 17 heavy (non-hydrogen) atoms. The molecule has 0 spiro atoms. The molecule has 1 heterocycles. The minimum absolute atomic E-state index is 0.161. The summed E-state index contributed by atoms with van der Waals surface area (Å²) in [5.74, 6) is 1.51. The number of hydrogen-bond acceptors (Lipinski definition) is 3. The van der Waals surface area contributed by atoms with Crippen LogP contribution in [0.15, 0.2) is 4.99 Å². The van der Waals surface area contributed by atoms with Crippen molar-refractivity contribution in [2.24, 2.45) is 22.6 Å². The van der Waals surface area contributed by atoms with Crippen molar-refractivity contribution >= 4 is 5.96 Å². The van der Waals surface area contributed by atoms with E-state index in [1.165, 1.54) is 0 Å². The molecule has 0 saturated carbocycles. The summed E-state index contributed by atoms with van der Waals surface area (Å²) in [6.45, 7) is 7.28. The maximum atomic E-state index is 5.79. The first-order valence-electron chi connectivity index (χ1n) is 6.27. The third-order valence-electron chi connectivity index (χ3n) is 2.92. The zero-order valence-electron chi connectivity index (χ0n) is 11.1. The summed E-state index contributed by atoms with van der Waals surface area (Å²) in [6, 6.07) is 0. The van der Waals surface area contributed by atoms with E-state index in [1.807, 2.05) is 0 Å². The lowest BCUT2D eigenvalue weighted by Gasteiger charge is -2.30. The molecule has 0 bridgehead atoms. The maximum Gasteiger partial charge on any atom is 0.188 e. The monoisotopic (exact) mass is 243 g/mol. The van der Waals surface area contributed by atoms with Crippen molar-refractivity contribution in [1.29, 1.82) is 0 Å². The molecule has 2 atom stereocenters. The lowest BCUT2D eigenvalue weighted by Crippen LogP contribution is -2.43. The molecule has 0 aliphatic carbocycles. The molecule has 5 heteroatoms. The van der Waals surface area contributed by atoms with Crippen LogP contribution in [-0.4, -0.2) is 45.5 Å². The smallest absolute Gasteiger partial charge is 0.188 e. The van der Waals surface area contributed by atoms with Gasteiger partial charge in [0, 0.05) is 32.7 Å². The van der Waals surface area contributed by atoms with Gasteiger partial charge in [-0.15, -0.1) is 0 Å². The van der Waals surface area contributed by atoms with Crippen LogP contribution in [0.3, 0.4) is 0 Å². The van der Waals surface area contributed by atoms with Crippen LogP contribution in [-0.2, 0) is 9.47 Å². The molecule has 1 aliphatic rings. The summed E-state index contributed by atoms with van der Waals surface area (Å²) in [5, 5.41) is 3.16. The average Bonchev–Trinajstić information content (AvgIpc) is 2.34. The molecular weight excluding hydrogens is 218 g/mol. The molecule has 100 valence electrons. The molecule has 3 N–H and O–H groups in total. The van der Waals surface area contributed by atoms with Gasteiger partial charge in [0.05, 0.1) is 12.7 Å². The minimum Gasteiger partial charge on any atom is -0.379 e. The molecule has 0 amide bonds. The third kappa shape index (κ3) is 5.37. The third-order valence-corrected chi connectivity index (χ3v) is 2.92. The Morgan fingerprint density at radius 3 is 3.00 bits per heavy atom. The van der Waals surface area contributed by atoms with Crippen molar-refractivity contribution < 1.29 is 9.47 Å². The first kappa shape index (κ1) is 14.3. The number of nitrogens with zero attached hydrogens (tertiary/aromatic N) is 1. The fourth-order valence-electron chi connectivity index (χ4n) is 1.82. The van der Waals surface area contributed by atoms with Crippen LogP contribution >= 0.6 is 0 Å². The largest absolute Gasteiger partial charge is 0.379 e. The van der Waals surface area contributed by atoms with Gasteiger partial charge in [-0.25, -0.2) is 0 Å². The van der Waals surface area contributed by atoms with Gasteiger partial charge in [0.15, 0.2) is 5.96 Å². The molecular formula is C12H25N3O2. The lowest BCUT2D eigenvalue weighted by atomic mass is 9.97. The van der Waals surface area contributed by atoms with Gasteiger partial charge in [-0.05, 0) is 12.3 Å². The van der Waals surface area contributed by atoms with Crippen LogP contribution in [0.25, 0.3) is 0 Å².